The summed E-state index contributed by atoms with van der Waals surface area (Å²) in [5.74, 6) is 0. The van der Waals surface area contributed by atoms with Gasteiger partial charge in [-0.3, -0.25) is 0 Å². The molecule has 10 rings (SSSR count). The normalized spacial score (nSPS) is 13.4. The lowest BCUT2D eigenvalue weighted by Gasteiger charge is -2.28. The molecule has 1 heteroatoms. The first-order chi connectivity index (χ1) is 25.0. The number of nitrogens with zero attached hydrogens (tertiary/aromatic N) is 1. The second-order valence-corrected chi connectivity index (χ2v) is 14.6. The maximum atomic E-state index is 2.41. The molecule has 0 aromatic heterocycles. The maximum Gasteiger partial charge on any atom is 0.0465 e. The van der Waals surface area contributed by atoms with E-state index in [4.69, 9.17) is 0 Å². The molecule has 242 valence electrons. The van der Waals surface area contributed by atoms with Crippen LogP contribution in [-0.2, 0) is 11.8 Å². The van der Waals surface area contributed by atoms with Crippen LogP contribution in [0.5, 0.6) is 0 Å². The van der Waals surface area contributed by atoms with E-state index in [9.17, 15) is 0 Å². The molecule has 0 unspecified atom stereocenters. The molecule has 51 heavy (non-hydrogen) atoms. The van der Waals surface area contributed by atoms with Gasteiger partial charge in [0, 0.05) is 22.5 Å². The summed E-state index contributed by atoms with van der Waals surface area (Å²) >= 11 is 0. The van der Waals surface area contributed by atoms with Gasteiger partial charge in [-0.1, -0.05) is 147 Å². The first-order valence-corrected chi connectivity index (χ1v) is 18.0. The first-order valence-electron chi connectivity index (χ1n) is 18.0. The second-order valence-electron chi connectivity index (χ2n) is 14.6. The third-order valence-corrected chi connectivity index (χ3v) is 11.3. The molecular weight excluding hydrogens is 615 g/mol. The van der Waals surface area contributed by atoms with Crippen molar-refractivity contribution in [1.29, 1.82) is 0 Å². The SMILES string of the molecule is CC1(C)c2ccccc2-c2ccc(N(c3ccc(-c4ccccc4)cc3)c3ccc(-c4ccc5c(c4)-c4cccc6cccc(c46)C5)cc3)cc21. The summed E-state index contributed by atoms with van der Waals surface area (Å²) in [6.07, 6.45) is 0.976. The molecule has 2 aliphatic carbocycles. The fourth-order valence-electron chi connectivity index (χ4n) is 8.67. The molecule has 0 N–H and O–H groups in total. The van der Waals surface area contributed by atoms with Gasteiger partial charge >= 0.3 is 0 Å². The minimum atomic E-state index is -0.0775. The van der Waals surface area contributed by atoms with Crippen LogP contribution in [0.25, 0.3) is 55.3 Å². The summed E-state index contributed by atoms with van der Waals surface area (Å²) in [5.41, 5.74) is 19.2. The molecule has 0 saturated heterocycles. The summed E-state index contributed by atoms with van der Waals surface area (Å²) in [5, 5.41) is 2.72. The Morgan fingerprint density at radius 1 is 0.392 bits per heavy atom. The summed E-state index contributed by atoms with van der Waals surface area (Å²) in [7, 11) is 0. The first kappa shape index (κ1) is 29.7. The third kappa shape index (κ3) is 4.77. The zero-order valence-corrected chi connectivity index (χ0v) is 28.9. The van der Waals surface area contributed by atoms with Crippen LogP contribution in [0.15, 0.2) is 176 Å². The maximum absolute atomic E-state index is 2.41. The Morgan fingerprint density at radius 2 is 0.980 bits per heavy atom. The van der Waals surface area contributed by atoms with Crippen molar-refractivity contribution in [2.24, 2.45) is 0 Å². The molecule has 8 aromatic carbocycles. The van der Waals surface area contributed by atoms with Crippen LogP contribution in [0.3, 0.4) is 0 Å². The van der Waals surface area contributed by atoms with Crippen LogP contribution < -0.4 is 4.90 Å². The van der Waals surface area contributed by atoms with E-state index in [1.807, 2.05) is 0 Å². The molecule has 0 bridgehead atoms. The van der Waals surface area contributed by atoms with Gasteiger partial charge in [0.15, 0.2) is 0 Å². The minimum Gasteiger partial charge on any atom is -0.310 e. The van der Waals surface area contributed by atoms with E-state index in [1.54, 1.807) is 0 Å². The molecule has 0 saturated carbocycles. The summed E-state index contributed by atoms with van der Waals surface area (Å²) in [6.45, 7) is 4.71. The highest BCUT2D eigenvalue weighted by molar-refractivity contribution is 6.02. The standard InChI is InChI=1S/C50H37N/c1-50(2)47-17-7-6-15-43(47)44-29-28-42(32-48(44)50)51(40-24-20-34(21-25-40)33-10-4-3-5-11-33)41-26-22-35(23-27-41)37-18-19-38-30-39-14-8-12-36-13-9-16-45(49(36)39)46(38)31-37/h3-29,31-32H,30H2,1-2H3. The number of benzene rings is 8. The molecule has 0 atom stereocenters. The van der Waals surface area contributed by atoms with Gasteiger partial charge in [0.25, 0.3) is 0 Å². The lowest BCUT2D eigenvalue weighted by Crippen LogP contribution is -2.16. The molecule has 0 spiro atoms. The fourth-order valence-corrected chi connectivity index (χ4v) is 8.67. The van der Waals surface area contributed by atoms with Gasteiger partial charge in [-0.2, -0.15) is 0 Å². The number of rotatable bonds is 5. The van der Waals surface area contributed by atoms with Crippen LogP contribution in [0.4, 0.5) is 17.1 Å². The van der Waals surface area contributed by atoms with Crippen LogP contribution in [0.2, 0.25) is 0 Å². The van der Waals surface area contributed by atoms with E-state index in [-0.39, 0.29) is 5.41 Å². The van der Waals surface area contributed by atoms with Gasteiger partial charge in [0.2, 0.25) is 0 Å². The second kappa shape index (κ2) is 11.4. The van der Waals surface area contributed by atoms with Crippen molar-refractivity contribution >= 4 is 27.8 Å². The molecule has 0 radical (unpaired) electrons. The van der Waals surface area contributed by atoms with Gasteiger partial charge in [0.05, 0.1) is 0 Å². The van der Waals surface area contributed by atoms with E-state index in [0.717, 1.165) is 23.5 Å². The Morgan fingerprint density at radius 3 is 1.75 bits per heavy atom. The summed E-state index contributed by atoms with van der Waals surface area (Å²) < 4.78 is 0. The van der Waals surface area contributed by atoms with Crippen molar-refractivity contribution in [3.8, 4) is 44.5 Å². The summed E-state index contributed by atoms with van der Waals surface area (Å²) in [6, 6.07) is 65.1. The number of anilines is 3. The van der Waals surface area contributed by atoms with Crippen LogP contribution in [-0.4, -0.2) is 0 Å². The van der Waals surface area contributed by atoms with Crippen molar-refractivity contribution in [2.75, 3.05) is 4.90 Å². The minimum absolute atomic E-state index is 0.0775. The lowest BCUT2D eigenvalue weighted by molar-refractivity contribution is 0.660. The van der Waals surface area contributed by atoms with Gasteiger partial charge < -0.3 is 4.90 Å². The predicted molar refractivity (Wildman–Crippen MR) is 215 cm³/mol. The Kier molecular flexibility index (Phi) is 6.66. The zero-order chi connectivity index (χ0) is 34.1. The van der Waals surface area contributed by atoms with Gasteiger partial charge in [0.1, 0.15) is 0 Å². The van der Waals surface area contributed by atoms with E-state index >= 15 is 0 Å². The average molecular weight is 652 g/mol. The number of fused-ring (bicyclic) bond motifs is 5. The van der Waals surface area contributed by atoms with Crippen molar-refractivity contribution in [3.05, 3.63) is 198 Å². The zero-order valence-electron chi connectivity index (χ0n) is 28.9. The third-order valence-electron chi connectivity index (χ3n) is 11.3. The molecule has 8 aromatic rings. The highest BCUT2D eigenvalue weighted by Gasteiger charge is 2.35. The largest absolute Gasteiger partial charge is 0.310 e. The Hall–Kier alpha value is -6.18. The highest BCUT2D eigenvalue weighted by Crippen LogP contribution is 2.51. The molecule has 1 nitrogen and oxygen atoms in total. The van der Waals surface area contributed by atoms with E-state index in [1.165, 1.54) is 77.5 Å². The number of hydrogen-bond donors (Lipinski definition) is 0. The molecular formula is C50H37N. The van der Waals surface area contributed by atoms with Crippen molar-refractivity contribution in [1.82, 2.24) is 0 Å². The quantitative estimate of drug-likeness (QED) is 0.179. The molecule has 0 fully saturated rings. The molecule has 0 aliphatic heterocycles. The molecule has 0 amide bonds. The van der Waals surface area contributed by atoms with Crippen molar-refractivity contribution in [3.63, 3.8) is 0 Å². The molecule has 2 aliphatic rings. The Labute approximate surface area is 300 Å². The lowest BCUT2D eigenvalue weighted by atomic mass is 9.82. The monoisotopic (exact) mass is 651 g/mol. The van der Waals surface area contributed by atoms with Crippen LogP contribution in [0.1, 0.15) is 36.1 Å². The van der Waals surface area contributed by atoms with E-state index < -0.39 is 0 Å². The topological polar surface area (TPSA) is 3.24 Å². The van der Waals surface area contributed by atoms with E-state index in [0.29, 0.717) is 0 Å². The predicted octanol–water partition coefficient (Wildman–Crippen LogP) is 13.5. The van der Waals surface area contributed by atoms with Gasteiger partial charge in [-0.25, -0.2) is 0 Å². The Balaban J connectivity index is 1.06. The fraction of sp³-hybridized carbons (Fsp3) is 0.0800. The van der Waals surface area contributed by atoms with Crippen LogP contribution >= 0.6 is 0 Å². The highest BCUT2D eigenvalue weighted by atomic mass is 15.1. The van der Waals surface area contributed by atoms with Crippen LogP contribution in [0, 0.1) is 0 Å². The number of hydrogen-bond acceptors (Lipinski definition) is 1. The van der Waals surface area contributed by atoms with Gasteiger partial charge in [-0.15, -0.1) is 0 Å². The van der Waals surface area contributed by atoms with Crippen molar-refractivity contribution in [2.45, 2.75) is 25.7 Å². The summed E-state index contributed by atoms with van der Waals surface area (Å²) in [4.78, 5) is 2.41. The van der Waals surface area contributed by atoms with Crippen molar-refractivity contribution < 1.29 is 0 Å². The smallest absolute Gasteiger partial charge is 0.0465 e. The average Bonchev–Trinajstić information content (AvgIpc) is 3.41. The van der Waals surface area contributed by atoms with Gasteiger partial charge in [-0.05, 0) is 126 Å². The molecule has 0 heterocycles. The van der Waals surface area contributed by atoms with E-state index in [2.05, 4.69) is 195 Å². The Bertz CT molecular complexity index is 2600.